The molecule has 0 aromatic heterocycles. The van der Waals surface area contributed by atoms with Crippen LogP contribution in [-0.4, -0.2) is 35.4 Å². The number of halogens is 3. The number of methoxy groups -OCH3 is 1. The van der Waals surface area contributed by atoms with Gasteiger partial charge in [0.1, 0.15) is 3.92 Å². The topological polar surface area (TPSA) is 55.4 Å². The molecular weight excluding hydrogens is 359 g/mol. The first-order valence-corrected chi connectivity index (χ1v) is 6.98. The average Bonchev–Trinajstić information content (AvgIpc) is 2.34. The Morgan fingerprint density at radius 1 is 1.44 bits per heavy atom. The van der Waals surface area contributed by atoms with E-state index in [4.69, 9.17) is 0 Å². The number of carbonyl (C=O) groups is 2. The largest absolute Gasteiger partial charge is 0.468 e. The van der Waals surface area contributed by atoms with Crippen LogP contribution >= 0.6 is 22.6 Å². The lowest BCUT2D eigenvalue weighted by Gasteiger charge is -2.27. The van der Waals surface area contributed by atoms with Crippen molar-refractivity contribution in [1.82, 2.24) is 5.32 Å². The van der Waals surface area contributed by atoms with Gasteiger partial charge < -0.3 is 10.1 Å². The number of rotatable bonds is 4. The molecule has 0 aromatic rings. The third-order valence-electron chi connectivity index (χ3n) is 3.00. The van der Waals surface area contributed by atoms with Crippen molar-refractivity contribution >= 4 is 34.5 Å². The fourth-order valence-electron chi connectivity index (χ4n) is 1.85. The van der Waals surface area contributed by atoms with Crippen LogP contribution in [0.25, 0.3) is 0 Å². The molecule has 0 radical (unpaired) electrons. The fraction of sp³-hybridized carbons (Fsp3) is 0.818. The van der Waals surface area contributed by atoms with Crippen LogP contribution < -0.4 is 5.32 Å². The summed E-state index contributed by atoms with van der Waals surface area (Å²) in [5.74, 6) is -3.66. The van der Waals surface area contributed by atoms with Crippen molar-refractivity contribution in [2.45, 2.75) is 35.5 Å². The number of esters is 1. The molecular formula is C11H16F2INO3. The maximum Gasteiger partial charge on any atom is 0.320 e. The summed E-state index contributed by atoms with van der Waals surface area (Å²) in [4.78, 5) is 22.8. The molecule has 1 fully saturated rings. The van der Waals surface area contributed by atoms with Crippen LogP contribution in [0.3, 0.4) is 0 Å². The molecule has 0 aliphatic heterocycles. The minimum atomic E-state index is -2.63. The first-order chi connectivity index (χ1) is 8.35. The molecule has 0 saturated heterocycles. The van der Waals surface area contributed by atoms with Crippen LogP contribution in [0.1, 0.15) is 25.7 Å². The van der Waals surface area contributed by atoms with Gasteiger partial charge in [0.05, 0.1) is 7.11 Å². The highest BCUT2D eigenvalue weighted by Crippen LogP contribution is 2.36. The zero-order valence-electron chi connectivity index (χ0n) is 10.0. The molecule has 1 N–H and O–H groups in total. The minimum Gasteiger partial charge on any atom is -0.468 e. The van der Waals surface area contributed by atoms with Crippen LogP contribution in [0.2, 0.25) is 0 Å². The summed E-state index contributed by atoms with van der Waals surface area (Å²) in [6, 6.07) is 0. The molecule has 104 valence electrons. The van der Waals surface area contributed by atoms with Gasteiger partial charge in [-0.1, -0.05) is 22.6 Å². The number of nitrogens with one attached hydrogen (secondary N) is 1. The Morgan fingerprint density at radius 2 is 2.00 bits per heavy atom. The van der Waals surface area contributed by atoms with E-state index in [0.29, 0.717) is 0 Å². The van der Waals surface area contributed by atoms with Gasteiger partial charge in [0.2, 0.25) is 11.8 Å². The van der Waals surface area contributed by atoms with Crippen molar-refractivity contribution in [1.29, 1.82) is 0 Å². The van der Waals surface area contributed by atoms with Crippen molar-refractivity contribution in [3.63, 3.8) is 0 Å². The molecule has 0 spiro atoms. The molecule has 0 aromatic carbocycles. The second-order valence-electron chi connectivity index (χ2n) is 4.37. The van der Waals surface area contributed by atoms with Gasteiger partial charge >= 0.3 is 5.97 Å². The normalized spacial score (nSPS) is 21.1. The molecule has 1 amide bonds. The number of hydrogen-bond donors (Lipinski definition) is 1. The Morgan fingerprint density at radius 3 is 2.50 bits per heavy atom. The molecule has 1 unspecified atom stereocenters. The number of amides is 1. The maximum atomic E-state index is 12.9. The van der Waals surface area contributed by atoms with Gasteiger partial charge in [0.25, 0.3) is 0 Å². The maximum absolute atomic E-state index is 12.9. The van der Waals surface area contributed by atoms with E-state index >= 15 is 0 Å². The number of ether oxygens (including phenoxy) is 1. The Labute approximate surface area is 118 Å². The lowest BCUT2D eigenvalue weighted by molar-refractivity contribution is -0.139. The molecule has 0 heterocycles. The van der Waals surface area contributed by atoms with E-state index in [2.05, 4.69) is 10.1 Å². The first kappa shape index (κ1) is 15.6. The predicted molar refractivity (Wildman–Crippen MR) is 69.7 cm³/mol. The predicted octanol–water partition coefficient (Wildman–Crippen LogP) is 1.90. The molecule has 0 bridgehead atoms. The summed E-state index contributed by atoms with van der Waals surface area (Å²) in [5, 5.41) is 2.60. The Kier molecular flexibility index (Phi) is 5.74. The van der Waals surface area contributed by atoms with Gasteiger partial charge in [0, 0.05) is 25.3 Å². The van der Waals surface area contributed by atoms with Crippen molar-refractivity contribution < 1.29 is 23.1 Å². The van der Waals surface area contributed by atoms with Crippen molar-refractivity contribution in [3.8, 4) is 0 Å². The van der Waals surface area contributed by atoms with E-state index in [1.54, 1.807) is 0 Å². The van der Waals surface area contributed by atoms with Gasteiger partial charge in [-0.3, -0.25) is 9.59 Å². The standard InChI is InChI=1S/C11H16F2INO3/c1-18-10(17)8(14)6-15-9(16)7-2-4-11(12,13)5-3-7/h7-8H,2-6H2,1H3,(H,15,16). The van der Waals surface area contributed by atoms with Crippen LogP contribution in [0.15, 0.2) is 0 Å². The van der Waals surface area contributed by atoms with Crippen LogP contribution in [0, 0.1) is 5.92 Å². The van der Waals surface area contributed by atoms with E-state index < -0.39 is 15.8 Å². The molecule has 1 rings (SSSR count). The highest BCUT2D eigenvalue weighted by molar-refractivity contribution is 14.1. The second-order valence-corrected chi connectivity index (χ2v) is 5.87. The molecule has 1 atom stereocenters. The van der Waals surface area contributed by atoms with Crippen molar-refractivity contribution in [3.05, 3.63) is 0 Å². The van der Waals surface area contributed by atoms with E-state index in [9.17, 15) is 18.4 Å². The second kappa shape index (κ2) is 6.63. The van der Waals surface area contributed by atoms with Gasteiger partial charge in [-0.25, -0.2) is 8.78 Å². The van der Waals surface area contributed by atoms with E-state index in [1.165, 1.54) is 7.11 Å². The third kappa shape index (κ3) is 4.66. The Bertz CT molecular complexity index is 315. The van der Waals surface area contributed by atoms with Gasteiger partial charge in [-0.05, 0) is 12.8 Å². The minimum absolute atomic E-state index is 0.166. The van der Waals surface area contributed by atoms with E-state index in [-0.39, 0.29) is 44.1 Å². The highest BCUT2D eigenvalue weighted by atomic mass is 127. The summed E-state index contributed by atoms with van der Waals surface area (Å²) in [5.41, 5.74) is 0. The summed E-state index contributed by atoms with van der Waals surface area (Å²) in [6.45, 7) is 0.166. The van der Waals surface area contributed by atoms with Crippen molar-refractivity contribution in [2.75, 3.05) is 13.7 Å². The molecule has 4 nitrogen and oxygen atoms in total. The lowest BCUT2D eigenvalue weighted by Crippen LogP contribution is -2.39. The molecule has 1 aliphatic rings. The zero-order chi connectivity index (χ0) is 13.8. The molecule has 7 heteroatoms. The molecule has 18 heavy (non-hydrogen) atoms. The number of hydrogen-bond acceptors (Lipinski definition) is 3. The Hall–Kier alpha value is -0.470. The van der Waals surface area contributed by atoms with Crippen LogP contribution in [-0.2, 0) is 14.3 Å². The summed E-state index contributed by atoms with van der Waals surface area (Å²) < 4.78 is 29.9. The smallest absolute Gasteiger partial charge is 0.320 e. The molecule has 1 saturated carbocycles. The van der Waals surface area contributed by atoms with Crippen molar-refractivity contribution in [2.24, 2.45) is 5.92 Å². The SMILES string of the molecule is COC(=O)C(I)CNC(=O)C1CCC(F)(F)CC1. The molecule has 1 aliphatic carbocycles. The third-order valence-corrected chi connectivity index (χ3v) is 3.95. The van der Waals surface area contributed by atoms with Gasteiger partial charge in [0.15, 0.2) is 0 Å². The monoisotopic (exact) mass is 375 g/mol. The average molecular weight is 375 g/mol. The first-order valence-electron chi connectivity index (χ1n) is 5.73. The van der Waals surface area contributed by atoms with Crippen LogP contribution in [0.4, 0.5) is 8.78 Å². The highest BCUT2D eigenvalue weighted by Gasteiger charge is 2.37. The summed E-state index contributed by atoms with van der Waals surface area (Å²) in [7, 11) is 1.28. The van der Waals surface area contributed by atoms with Crippen LogP contribution in [0.5, 0.6) is 0 Å². The zero-order valence-corrected chi connectivity index (χ0v) is 12.2. The van der Waals surface area contributed by atoms with Gasteiger partial charge in [-0.2, -0.15) is 0 Å². The van der Waals surface area contributed by atoms with E-state index in [1.807, 2.05) is 22.6 Å². The fourth-order valence-corrected chi connectivity index (χ4v) is 2.32. The van der Waals surface area contributed by atoms with E-state index in [0.717, 1.165) is 0 Å². The number of carbonyl (C=O) groups excluding carboxylic acids is 2. The quantitative estimate of drug-likeness (QED) is 0.464. The summed E-state index contributed by atoms with van der Waals surface area (Å²) in [6.07, 6.45) is -0.0859. The lowest BCUT2D eigenvalue weighted by atomic mass is 9.86. The summed E-state index contributed by atoms with van der Waals surface area (Å²) >= 11 is 1.87. The Balaban J connectivity index is 2.32. The number of alkyl halides is 3. The van der Waals surface area contributed by atoms with Gasteiger partial charge in [-0.15, -0.1) is 0 Å².